The molecule has 0 saturated carbocycles. The third kappa shape index (κ3) is 4.90. The topological polar surface area (TPSA) is 97.1 Å². The third-order valence-electron chi connectivity index (χ3n) is 6.90. The predicted octanol–water partition coefficient (Wildman–Crippen LogP) is 3.31. The second kappa shape index (κ2) is 9.92. The zero-order chi connectivity index (χ0) is 24.5. The number of piperidine rings is 1. The summed E-state index contributed by atoms with van der Waals surface area (Å²) >= 11 is 0. The number of hydrogen-bond acceptors (Lipinski definition) is 6. The molecule has 0 radical (unpaired) electrons. The van der Waals surface area contributed by atoms with E-state index in [1.807, 2.05) is 12.1 Å². The molecule has 1 aromatic heterocycles. The van der Waals surface area contributed by atoms with Crippen molar-refractivity contribution in [2.75, 3.05) is 27.2 Å². The minimum atomic E-state index is -3.58. The summed E-state index contributed by atoms with van der Waals surface area (Å²) in [4.78, 5) is 26.7. The van der Waals surface area contributed by atoms with Gasteiger partial charge in [-0.1, -0.05) is 6.07 Å². The highest BCUT2D eigenvalue weighted by molar-refractivity contribution is 7.89. The second-order valence-corrected chi connectivity index (χ2v) is 11.1. The Labute approximate surface area is 200 Å². The summed E-state index contributed by atoms with van der Waals surface area (Å²) in [6, 6.07) is 7.11. The molecule has 34 heavy (non-hydrogen) atoms. The fourth-order valence-corrected chi connectivity index (χ4v) is 6.44. The molecule has 0 bridgehead atoms. The molecule has 184 valence electrons. The molecule has 2 heterocycles. The van der Waals surface area contributed by atoms with Gasteiger partial charge in [-0.05, 0) is 74.8 Å². The molecule has 2 aliphatic rings. The number of nitrogens with zero attached hydrogens (tertiary/aromatic N) is 2. The number of esters is 1. The van der Waals surface area contributed by atoms with E-state index in [4.69, 9.17) is 9.15 Å². The van der Waals surface area contributed by atoms with Crippen LogP contribution in [0.1, 0.15) is 58.7 Å². The molecule has 1 fully saturated rings. The van der Waals surface area contributed by atoms with Crippen LogP contribution >= 0.6 is 0 Å². The molecule has 9 heteroatoms. The maximum atomic E-state index is 13.2. The number of aryl methyl sites for hydroxylation is 3. The Morgan fingerprint density at radius 1 is 1.12 bits per heavy atom. The number of carbonyl (C=O) groups excluding carboxylic acids is 2. The quantitative estimate of drug-likeness (QED) is 0.579. The number of fused-ring (bicyclic) bond motifs is 1. The Bertz CT molecular complexity index is 1180. The number of furan rings is 1. The van der Waals surface area contributed by atoms with Gasteiger partial charge >= 0.3 is 5.97 Å². The lowest BCUT2D eigenvalue weighted by Crippen LogP contribution is -2.43. The smallest absolute Gasteiger partial charge is 0.341 e. The van der Waals surface area contributed by atoms with Crippen molar-refractivity contribution >= 4 is 21.9 Å². The summed E-state index contributed by atoms with van der Waals surface area (Å²) in [5, 5.41) is 0. The Morgan fingerprint density at radius 2 is 1.79 bits per heavy atom. The van der Waals surface area contributed by atoms with Gasteiger partial charge in [-0.2, -0.15) is 4.31 Å². The lowest BCUT2D eigenvalue weighted by atomic mass is 9.92. The van der Waals surface area contributed by atoms with E-state index in [2.05, 4.69) is 0 Å². The minimum Gasteiger partial charge on any atom is -0.465 e. The lowest BCUT2D eigenvalue weighted by Gasteiger charge is -2.32. The molecular weight excluding hydrogens is 456 g/mol. The minimum absolute atomic E-state index is 0.0560. The average Bonchev–Trinajstić information content (AvgIpc) is 3.22. The summed E-state index contributed by atoms with van der Waals surface area (Å²) in [5.41, 5.74) is 2.74. The molecule has 1 aliphatic heterocycles. The van der Waals surface area contributed by atoms with E-state index in [-0.39, 0.29) is 18.4 Å². The molecule has 0 unspecified atom stereocenters. The normalized spacial score (nSPS) is 17.3. The Morgan fingerprint density at radius 3 is 2.47 bits per heavy atom. The van der Waals surface area contributed by atoms with Crippen LogP contribution < -0.4 is 0 Å². The number of benzene rings is 1. The van der Waals surface area contributed by atoms with Crippen LogP contribution in [-0.2, 0) is 38.9 Å². The largest absolute Gasteiger partial charge is 0.465 e. The van der Waals surface area contributed by atoms with E-state index in [9.17, 15) is 18.0 Å². The van der Waals surface area contributed by atoms with Gasteiger partial charge in [0, 0.05) is 26.1 Å². The number of ether oxygens (including phenoxy) is 1. The van der Waals surface area contributed by atoms with Crippen LogP contribution in [0, 0.1) is 12.8 Å². The molecule has 1 saturated heterocycles. The summed E-state index contributed by atoms with van der Waals surface area (Å²) in [5.74, 6) is 0.161. The van der Waals surface area contributed by atoms with E-state index in [1.54, 1.807) is 31.0 Å². The van der Waals surface area contributed by atoms with Crippen molar-refractivity contribution in [1.29, 1.82) is 0 Å². The van der Waals surface area contributed by atoms with Crippen molar-refractivity contribution in [2.24, 2.45) is 5.92 Å². The van der Waals surface area contributed by atoms with Gasteiger partial charge in [0.1, 0.15) is 17.1 Å². The van der Waals surface area contributed by atoms with Crippen molar-refractivity contribution in [3.05, 3.63) is 52.5 Å². The van der Waals surface area contributed by atoms with E-state index < -0.39 is 16.0 Å². The molecule has 0 spiro atoms. The van der Waals surface area contributed by atoms with Crippen molar-refractivity contribution < 1.29 is 27.2 Å². The first-order valence-electron chi connectivity index (χ1n) is 11.7. The van der Waals surface area contributed by atoms with Crippen LogP contribution in [-0.4, -0.2) is 56.7 Å². The monoisotopic (exact) mass is 488 g/mol. The second-order valence-electron chi connectivity index (χ2n) is 9.18. The van der Waals surface area contributed by atoms with Gasteiger partial charge in [-0.3, -0.25) is 4.79 Å². The number of methoxy groups -OCH3 is 1. The highest BCUT2D eigenvalue weighted by Crippen LogP contribution is 2.29. The molecule has 0 N–H and O–H groups in total. The average molecular weight is 489 g/mol. The number of carbonyl (C=O) groups is 2. The van der Waals surface area contributed by atoms with Crippen LogP contribution in [0.5, 0.6) is 0 Å². The van der Waals surface area contributed by atoms with Crippen molar-refractivity contribution in [1.82, 2.24) is 9.21 Å². The maximum Gasteiger partial charge on any atom is 0.341 e. The van der Waals surface area contributed by atoms with Gasteiger partial charge < -0.3 is 14.1 Å². The van der Waals surface area contributed by atoms with E-state index in [1.165, 1.54) is 17.0 Å². The highest BCUT2D eigenvalue weighted by Gasteiger charge is 2.34. The van der Waals surface area contributed by atoms with Crippen molar-refractivity contribution in [2.45, 2.75) is 56.9 Å². The van der Waals surface area contributed by atoms with Gasteiger partial charge in [-0.15, -0.1) is 0 Å². The summed E-state index contributed by atoms with van der Waals surface area (Å²) in [6.07, 6.45) is 5.13. The first kappa shape index (κ1) is 24.5. The van der Waals surface area contributed by atoms with Gasteiger partial charge in [-0.25, -0.2) is 13.2 Å². The van der Waals surface area contributed by atoms with Crippen molar-refractivity contribution in [3.8, 4) is 0 Å². The fraction of sp³-hybridized carbons (Fsp3) is 0.520. The zero-order valence-corrected chi connectivity index (χ0v) is 20.8. The molecule has 1 amide bonds. The standard InChI is InChI=1S/C25H32N2O6S/c1-17-23(25(29)32-3)15-21(33-17)16-26(2)24(28)19-10-12-27(13-11-19)34(30,31)22-9-8-18-6-4-5-7-20(18)14-22/h8-9,14-15,19H,4-7,10-13,16H2,1-3H3. The van der Waals surface area contributed by atoms with Crippen LogP contribution in [0.2, 0.25) is 0 Å². The molecule has 2 aromatic rings. The summed E-state index contributed by atoms with van der Waals surface area (Å²) < 4.78 is 38.3. The van der Waals surface area contributed by atoms with Crippen LogP contribution in [0.15, 0.2) is 33.6 Å². The Kier molecular flexibility index (Phi) is 7.14. The van der Waals surface area contributed by atoms with Gasteiger partial charge in [0.2, 0.25) is 15.9 Å². The van der Waals surface area contributed by atoms with Crippen LogP contribution in [0.4, 0.5) is 0 Å². The molecule has 1 aliphatic carbocycles. The van der Waals surface area contributed by atoms with E-state index in [0.29, 0.717) is 47.9 Å². The first-order chi connectivity index (χ1) is 16.2. The number of sulfonamides is 1. The summed E-state index contributed by atoms with van der Waals surface area (Å²) in [7, 11) is -0.580. The van der Waals surface area contributed by atoms with Crippen LogP contribution in [0.3, 0.4) is 0 Å². The fourth-order valence-electron chi connectivity index (χ4n) is 4.92. The maximum absolute atomic E-state index is 13.2. The highest BCUT2D eigenvalue weighted by atomic mass is 32.2. The molecule has 0 atom stereocenters. The number of amides is 1. The third-order valence-corrected chi connectivity index (χ3v) is 8.80. The number of hydrogen-bond donors (Lipinski definition) is 0. The molecule has 4 rings (SSSR count). The van der Waals surface area contributed by atoms with E-state index >= 15 is 0 Å². The molecule has 8 nitrogen and oxygen atoms in total. The molecule has 1 aromatic carbocycles. The predicted molar refractivity (Wildman–Crippen MR) is 126 cm³/mol. The Hall–Kier alpha value is -2.65. The lowest BCUT2D eigenvalue weighted by molar-refractivity contribution is -0.136. The molecular formula is C25H32N2O6S. The van der Waals surface area contributed by atoms with Crippen molar-refractivity contribution in [3.63, 3.8) is 0 Å². The van der Waals surface area contributed by atoms with E-state index in [0.717, 1.165) is 31.2 Å². The Balaban J connectivity index is 1.36. The number of rotatable bonds is 6. The van der Waals surface area contributed by atoms with Gasteiger partial charge in [0.15, 0.2) is 0 Å². The summed E-state index contributed by atoms with van der Waals surface area (Å²) in [6.45, 7) is 2.53. The van der Waals surface area contributed by atoms with Crippen LogP contribution in [0.25, 0.3) is 0 Å². The zero-order valence-electron chi connectivity index (χ0n) is 20.0. The first-order valence-corrected chi connectivity index (χ1v) is 13.2. The SMILES string of the molecule is COC(=O)c1cc(CN(C)C(=O)C2CCN(S(=O)(=O)c3ccc4c(c3)CCCC4)CC2)oc1C. The van der Waals surface area contributed by atoms with Gasteiger partial charge in [0.25, 0.3) is 0 Å². The van der Waals surface area contributed by atoms with Gasteiger partial charge in [0.05, 0.1) is 18.6 Å².